The molecular weight excluding hydrogens is 292 g/mol. The zero-order valence-electron chi connectivity index (χ0n) is 10.5. The third kappa shape index (κ3) is 3.42. The minimum absolute atomic E-state index is 0.747. The van der Waals surface area contributed by atoms with Crippen molar-refractivity contribution in [1.29, 1.82) is 0 Å². The van der Waals surface area contributed by atoms with E-state index in [-0.39, 0.29) is 0 Å². The van der Waals surface area contributed by atoms with E-state index in [0.29, 0.717) is 0 Å². The number of nitrogens with zero attached hydrogens (tertiary/aromatic N) is 2. The van der Waals surface area contributed by atoms with Gasteiger partial charge < -0.3 is 4.74 Å². The van der Waals surface area contributed by atoms with Crippen LogP contribution in [0.25, 0.3) is 11.0 Å². The Labute approximate surface area is 116 Å². The van der Waals surface area contributed by atoms with Gasteiger partial charge in [0.2, 0.25) is 0 Å². The van der Waals surface area contributed by atoms with Crippen LogP contribution in [-0.4, -0.2) is 16.6 Å². The lowest BCUT2D eigenvalue weighted by atomic mass is 10.2. The Kier molecular flexibility index (Phi) is 4.93. The molecule has 0 radical (unpaired) electrons. The van der Waals surface area contributed by atoms with Crippen molar-refractivity contribution < 1.29 is 4.74 Å². The zero-order chi connectivity index (χ0) is 12.8. The SMILES string of the molecule is CCCCCCOc1ccnc2cc(Br)cnc12. The number of halogens is 1. The number of rotatable bonds is 6. The molecule has 0 aromatic carbocycles. The predicted octanol–water partition coefficient (Wildman–Crippen LogP) is 4.35. The van der Waals surface area contributed by atoms with E-state index in [4.69, 9.17) is 4.74 Å². The van der Waals surface area contributed by atoms with E-state index < -0.39 is 0 Å². The van der Waals surface area contributed by atoms with Gasteiger partial charge in [-0.2, -0.15) is 0 Å². The first-order chi connectivity index (χ1) is 8.81. The van der Waals surface area contributed by atoms with E-state index in [9.17, 15) is 0 Å². The first-order valence-corrected chi connectivity index (χ1v) is 7.13. The Bertz CT molecular complexity index is 516. The van der Waals surface area contributed by atoms with Crippen molar-refractivity contribution in [3.63, 3.8) is 0 Å². The van der Waals surface area contributed by atoms with Gasteiger partial charge in [0.25, 0.3) is 0 Å². The van der Waals surface area contributed by atoms with Crippen LogP contribution in [0.3, 0.4) is 0 Å². The van der Waals surface area contributed by atoms with Crippen molar-refractivity contribution in [2.24, 2.45) is 0 Å². The molecule has 0 atom stereocenters. The van der Waals surface area contributed by atoms with E-state index in [1.165, 1.54) is 19.3 Å². The zero-order valence-corrected chi connectivity index (χ0v) is 12.1. The third-order valence-corrected chi connectivity index (χ3v) is 3.20. The topological polar surface area (TPSA) is 35.0 Å². The summed E-state index contributed by atoms with van der Waals surface area (Å²) in [4.78, 5) is 8.65. The first-order valence-electron chi connectivity index (χ1n) is 6.34. The summed E-state index contributed by atoms with van der Waals surface area (Å²) in [6, 6.07) is 3.83. The number of hydrogen-bond donors (Lipinski definition) is 0. The molecule has 0 fully saturated rings. The van der Waals surface area contributed by atoms with Crippen molar-refractivity contribution in [2.75, 3.05) is 6.61 Å². The molecule has 0 saturated carbocycles. The molecule has 3 nitrogen and oxygen atoms in total. The molecule has 0 aliphatic rings. The highest BCUT2D eigenvalue weighted by Gasteiger charge is 2.04. The fourth-order valence-corrected chi connectivity index (χ4v) is 2.13. The Hall–Kier alpha value is -1.16. The van der Waals surface area contributed by atoms with Crippen molar-refractivity contribution >= 4 is 27.0 Å². The number of unbranched alkanes of at least 4 members (excludes halogenated alkanes) is 3. The van der Waals surface area contributed by atoms with Crippen molar-refractivity contribution in [3.05, 3.63) is 29.0 Å². The monoisotopic (exact) mass is 308 g/mol. The normalized spacial score (nSPS) is 10.8. The average molecular weight is 309 g/mol. The molecule has 2 rings (SSSR count). The van der Waals surface area contributed by atoms with E-state index in [2.05, 4.69) is 32.8 Å². The molecule has 0 bridgehead atoms. The summed E-state index contributed by atoms with van der Waals surface area (Å²) in [5.41, 5.74) is 1.69. The fourth-order valence-electron chi connectivity index (χ4n) is 1.81. The molecule has 0 amide bonds. The second-order valence-electron chi connectivity index (χ2n) is 4.24. The Morgan fingerprint density at radius 2 is 2.11 bits per heavy atom. The van der Waals surface area contributed by atoms with Gasteiger partial charge in [-0.05, 0) is 28.4 Å². The molecular formula is C14H17BrN2O. The van der Waals surface area contributed by atoms with Gasteiger partial charge in [0.05, 0.1) is 12.1 Å². The second kappa shape index (κ2) is 6.69. The third-order valence-electron chi connectivity index (χ3n) is 2.76. The summed E-state index contributed by atoms with van der Waals surface area (Å²) in [6.07, 6.45) is 8.36. The predicted molar refractivity (Wildman–Crippen MR) is 76.9 cm³/mol. The quantitative estimate of drug-likeness (QED) is 0.744. The molecule has 0 saturated heterocycles. The van der Waals surface area contributed by atoms with E-state index in [1.807, 2.05) is 12.1 Å². The molecule has 2 aromatic heterocycles. The van der Waals surface area contributed by atoms with Crippen LogP contribution in [0.1, 0.15) is 32.6 Å². The van der Waals surface area contributed by atoms with Crippen LogP contribution in [0.15, 0.2) is 29.0 Å². The van der Waals surface area contributed by atoms with Crippen molar-refractivity contribution in [2.45, 2.75) is 32.6 Å². The minimum Gasteiger partial charge on any atom is -0.491 e. The molecule has 96 valence electrons. The van der Waals surface area contributed by atoms with Crippen LogP contribution >= 0.6 is 15.9 Å². The maximum Gasteiger partial charge on any atom is 0.148 e. The van der Waals surface area contributed by atoms with E-state index >= 15 is 0 Å². The Balaban J connectivity index is 2.04. The van der Waals surface area contributed by atoms with Crippen LogP contribution < -0.4 is 4.74 Å². The molecule has 0 aliphatic carbocycles. The van der Waals surface area contributed by atoms with Crippen molar-refractivity contribution in [1.82, 2.24) is 9.97 Å². The van der Waals surface area contributed by atoms with Gasteiger partial charge >= 0.3 is 0 Å². The molecule has 2 heterocycles. The standard InChI is InChI=1S/C14H17BrN2O/c1-2-3-4-5-8-18-13-6-7-16-12-9-11(15)10-17-14(12)13/h6-7,9-10H,2-5,8H2,1H3. The molecule has 0 unspecified atom stereocenters. The summed E-state index contributed by atoms with van der Waals surface area (Å²) >= 11 is 3.39. The molecule has 0 aliphatic heterocycles. The van der Waals surface area contributed by atoms with Crippen LogP contribution in [0.5, 0.6) is 5.75 Å². The van der Waals surface area contributed by atoms with Gasteiger partial charge in [-0.1, -0.05) is 26.2 Å². The smallest absolute Gasteiger partial charge is 0.148 e. The Morgan fingerprint density at radius 3 is 2.94 bits per heavy atom. The maximum absolute atomic E-state index is 5.79. The largest absolute Gasteiger partial charge is 0.491 e. The second-order valence-corrected chi connectivity index (χ2v) is 5.16. The lowest BCUT2D eigenvalue weighted by molar-refractivity contribution is 0.308. The highest BCUT2D eigenvalue weighted by molar-refractivity contribution is 9.10. The fraction of sp³-hybridized carbons (Fsp3) is 0.429. The van der Waals surface area contributed by atoms with Gasteiger partial charge in [0, 0.05) is 22.9 Å². The van der Waals surface area contributed by atoms with Gasteiger partial charge in [0.15, 0.2) is 0 Å². The van der Waals surface area contributed by atoms with Gasteiger partial charge in [-0.3, -0.25) is 4.98 Å². The molecule has 4 heteroatoms. The molecule has 0 spiro atoms. The number of pyridine rings is 2. The number of hydrogen-bond acceptors (Lipinski definition) is 3. The summed E-state index contributed by atoms with van der Waals surface area (Å²) in [7, 11) is 0. The summed E-state index contributed by atoms with van der Waals surface area (Å²) < 4.78 is 6.72. The van der Waals surface area contributed by atoms with Gasteiger partial charge in [-0.25, -0.2) is 4.98 Å². The lowest BCUT2D eigenvalue weighted by Crippen LogP contribution is -1.99. The van der Waals surface area contributed by atoms with Crippen LogP contribution in [0.2, 0.25) is 0 Å². The van der Waals surface area contributed by atoms with Crippen LogP contribution in [0.4, 0.5) is 0 Å². The molecule has 18 heavy (non-hydrogen) atoms. The van der Waals surface area contributed by atoms with Crippen LogP contribution in [-0.2, 0) is 0 Å². The summed E-state index contributed by atoms with van der Waals surface area (Å²) in [5, 5.41) is 0. The van der Waals surface area contributed by atoms with Gasteiger partial charge in [-0.15, -0.1) is 0 Å². The highest BCUT2D eigenvalue weighted by atomic mass is 79.9. The number of ether oxygens (including phenoxy) is 1. The number of fused-ring (bicyclic) bond motifs is 1. The average Bonchev–Trinajstić information content (AvgIpc) is 2.38. The maximum atomic E-state index is 5.79. The van der Waals surface area contributed by atoms with Gasteiger partial charge in [0.1, 0.15) is 11.3 Å². The Morgan fingerprint density at radius 1 is 1.22 bits per heavy atom. The van der Waals surface area contributed by atoms with E-state index in [1.54, 1.807) is 12.4 Å². The molecule has 0 N–H and O–H groups in total. The highest BCUT2D eigenvalue weighted by Crippen LogP contribution is 2.24. The van der Waals surface area contributed by atoms with Crippen LogP contribution in [0, 0.1) is 0 Å². The van der Waals surface area contributed by atoms with Crippen molar-refractivity contribution in [3.8, 4) is 5.75 Å². The number of aromatic nitrogens is 2. The minimum atomic E-state index is 0.747. The first kappa shape index (κ1) is 13.3. The van der Waals surface area contributed by atoms with E-state index in [0.717, 1.165) is 34.3 Å². The summed E-state index contributed by atoms with van der Waals surface area (Å²) in [5.74, 6) is 0.823. The molecule has 2 aromatic rings. The lowest BCUT2D eigenvalue weighted by Gasteiger charge is -2.08. The summed E-state index contributed by atoms with van der Waals surface area (Å²) in [6.45, 7) is 2.95.